The first-order valence-electron chi connectivity index (χ1n) is 8.19. The van der Waals surface area contributed by atoms with Gasteiger partial charge < -0.3 is 10.1 Å². The van der Waals surface area contributed by atoms with Gasteiger partial charge in [-0.25, -0.2) is 0 Å². The second-order valence-corrected chi connectivity index (χ2v) is 7.20. The van der Waals surface area contributed by atoms with Crippen molar-refractivity contribution >= 4 is 0 Å². The molecule has 3 unspecified atom stereocenters. The van der Waals surface area contributed by atoms with Gasteiger partial charge in [0.15, 0.2) is 0 Å². The minimum atomic E-state index is 0.109. The zero-order chi connectivity index (χ0) is 15.5. The number of aryl methyl sites for hydroxylation is 1. The fourth-order valence-electron chi connectivity index (χ4n) is 3.60. The molecule has 1 aromatic rings. The molecule has 2 rings (SSSR count). The van der Waals surface area contributed by atoms with Crippen molar-refractivity contribution in [1.29, 1.82) is 0 Å². The summed E-state index contributed by atoms with van der Waals surface area (Å²) in [5.74, 6) is 0.455. The first kappa shape index (κ1) is 16.4. The number of pyridine rings is 1. The van der Waals surface area contributed by atoms with E-state index in [-0.39, 0.29) is 11.5 Å². The van der Waals surface area contributed by atoms with Crippen LogP contribution >= 0.6 is 0 Å². The molecule has 1 aliphatic carbocycles. The van der Waals surface area contributed by atoms with Gasteiger partial charge in [0.25, 0.3) is 0 Å². The normalized spacial score (nSPS) is 21.1. The van der Waals surface area contributed by atoms with E-state index in [2.05, 4.69) is 44.1 Å². The summed E-state index contributed by atoms with van der Waals surface area (Å²) in [7, 11) is 1.84. The van der Waals surface area contributed by atoms with Crippen LogP contribution in [-0.2, 0) is 11.2 Å². The highest BCUT2D eigenvalue weighted by atomic mass is 16.5. The molecule has 0 aromatic carbocycles. The van der Waals surface area contributed by atoms with Crippen LogP contribution in [0.4, 0.5) is 0 Å². The van der Waals surface area contributed by atoms with E-state index in [1.807, 2.05) is 19.4 Å². The standard InChI is InChI=1S/C18H30N2O/c1-6-11-19-16(17(21-5)18(2,3)4)14-10-9-13-8-7-12-20-15(13)14/h7-8,12,14,16-17,19H,6,9-11H2,1-5H3. The van der Waals surface area contributed by atoms with Crippen LogP contribution in [0.1, 0.15) is 57.7 Å². The molecule has 0 aliphatic heterocycles. The first-order valence-corrected chi connectivity index (χ1v) is 8.19. The van der Waals surface area contributed by atoms with E-state index in [0.29, 0.717) is 12.0 Å². The van der Waals surface area contributed by atoms with Gasteiger partial charge >= 0.3 is 0 Å². The predicted molar refractivity (Wildman–Crippen MR) is 87.6 cm³/mol. The minimum absolute atomic E-state index is 0.109. The topological polar surface area (TPSA) is 34.2 Å². The zero-order valence-corrected chi connectivity index (χ0v) is 14.1. The number of fused-ring (bicyclic) bond motifs is 1. The summed E-state index contributed by atoms with van der Waals surface area (Å²) in [6.07, 6.45) is 5.55. The highest BCUT2D eigenvalue weighted by molar-refractivity contribution is 5.30. The van der Waals surface area contributed by atoms with Crippen molar-refractivity contribution in [3.63, 3.8) is 0 Å². The van der Waals surface area contributed by atoms with Crippen LogP contribution in [0.2, 0.25) is 0 Å². The van der Waals surface area contributed by atoms with Gasteiger partial charge in [0.1, 0.15) is 0 Å². The molecule has 3 atom stereocenters. The van der Waals surface area contributed by atoms with Gasteiger partial charge in [-0.3, -0.25) is 4.98 Å². The molecule has 0 saturated heterocycles. The van der Waals surface area contributed by atoms with E-state index in [1.54, 1.807) is 0 Å². The van der Waals surface area contributed by atoms with Crippen LogP contribution in [0.25, 0.3) is 0 Å². The fraction of sp³-hybridized carbons (Fsp3) is 0.722. The lowest BCUT2D eigenvalue weighted by Gasteiger charge is -2.39. The summed E-state index contributed by atoms with van der Waals surface area (Å²) < 4.78 is 5.91. The molecule has 0 radical (unpaired) electrons. The summed E-state index contributed by atoms with van der Waals surface area (Å²) in [5, 5.41) is 3.74. The number of methoxy groups -OCH3 is 1. The molecule has 1 aromatic heterocycles. The Hall–Kier alpha value is -0.930. The van der Waals surface area contributed by atoms with Crippen molar-refractivity contribution in [3.05, 3.63) is 29.6 Å². The average Bonchev–Trinajstić information content (AvgIpc) is 2.86. The van der Waals surface area contributed by atoms with Crippen molar-refractivity contribution in [3.8, 4) is 0 Å². The van der Waals surface area contributed by atoms with Crippen LogP contribution in [-0.4, -0.2) is 30.8 Å². The maximum atomic E-state index is 5.91. The van der Waals surface area contributed by atoms with Crippen molar-refractivity contribution in [2.45, 2.75) is 65.0 Å². The fourth-order valence-corrected chi connectivity index (χ4v) is 3.60. The summed E-state index contributed by atoms with van der Waals surface area (Å²) in [5.41, 5.74) is 2.80. The van der Waals surface area contributed by atoms with Crippen LogP contribution < -0.4 is 5.32 Å². The van der Waals surface area contributed by atoms with E-state index in [9.17, 15) is 0 Å². The van der Waals surface area contributed by atoms with Gasteiger partial charge in [-0.05, 0) is 42.9 Å². The molecule has 0 bridgehead atoms. The maximum absolute atomic E-state index is 5.91. The SMILES string of the molecule is CCCNC(C1CCc2cccnc21)C(OC)C(C)(C)C. The number of nitrogens with zero attached hydrogens (tertiary/aromatic N) is 1. The Bertz CT molecular complexity index is 453. The average molecular weight is 290 g/mol. The number of hydrogen-bond acceptors (Lipinski definition) is 3. The molecule has 0 saturated carbocycles. The van der Waals surface area contributed by atoms with Crippen LogP contribution in [0.3, 0.4) is 0 Å². The quantitative estimate of drug-likeness (QED) is 0.870. The van der Waals surface area contributed by atoms with Gasteiger partial charge in [0.05, 0.1) is 6.10 Å². The Kier molecular flexibility index (Phi) is 5.39. The molecule has 1 N–H and O–H groups in total. The van der Waals surface area contributed by atoms with E-state index in [1.165, 1.54) is 17.7 Å². The van der Waals surface area contributed by atoms with E-state index in [4.69, 9.17) is 4.74 Å². The molecular weight excluding hydrogens is 260 g/mol. The molecule has 118 valence electrons. The highest BCUT2D eigenvalue weighted by Gasteiger charge is 2.40. The van der Waals surface area contributed by atoms with Crippen LogP contribution in [0.15, 0.2) is 18.3 Å². The lowest BCUT2D eigenvalue weighted by Crippen LogP contribution is -2.51. The van der Waals surface area contributed by atoms with Crippen LogP contribution in [0.5, 0.6) is 0 Å². The second kappa shape index (κ2) is 6.89. The number of hydrogen-bond donors (Lipinski definition) is 1. The summed E-state index contributed by atoms with van der Waals surface area (Å²) in [6.45, 7) is 10.0. The van der Waals surface area contributed by atoms with E-state index >= 15 is 0 Å². The molecule has 1 heterocycles. The smallest absolute Gasteiger partial charge is 0.0778 e. The first-order chi connectivity index (χ1) is 9.99. The number of aromatic nitrogens is 1. The molecule has 0 fully saturated rings. The van der Waals surface area contributed by atoms with Crippen molar-refractivity contribution in [1.82, 2.24) is 10.3 Å². The summed E-state index contributed by atoms with van der Waals surface area (Å²) in [4.78, 5) is 4.67. The maximum Gasteiger partial charge on any atom is 0.0778 e. The molecule has 0 amide bonds. The zero-order valence-electron chi connectivity index (χ0n) is 14.1. The molecule has 21 heavy (non-hydrogen) atoms. The lowest BCUT2D eigenvalue weighted by molar-refractivity contribution is -0.0182. The number of rotatable bonds is 6. The third kappa shape index (κ3) is 3.64. The molecule has 3 nitrogen and oxygen atoms in total. The summed E-state index contributed by atoms with van der Waals surface area (Å²) >= 11 is 0. The van der Waals surface area contributed by atoms with Crippen LogP contribution in [0, 0.1) is 5.41 Å². The van der Waals surface area contributed by atoms with Crippen molar-refractivity contribution in [2.24, 2.45) is 5.41 Å². The van der Waals surface area contributed by atoms with Gasteiger partial charge in [0.2, 0.25) is 0 Å². The third-order valence-electron chi connectivity index (χ3n) is 4.50. The molecule has 0 spiro atoms. The lowest BCUT2D eigenvalue weighted by atomic mass is 9.78. The van der Waals surface area contributed by atoms with Crippen molar-refractivity contribution in [2.75, 3.05) is 13.7 Å². The predicted octanol–water partition coefficient (Wildman–Crippen LogP) is 3.54. The number of ether oxygens (including phenoxy) is 1. The number of nitrogens with one attached hydrogen (secondary N) is 1. The highest BCUT2D eigenvalue weighted by Crippen LogP contribution is 2.39. The van der Waals surface area contributed by atoms with E-state index in [0.717, 1.165) is 19.4 Å². The second-order valence-electron chi connectivity index (χ2n) is 7.20. The molecular formula is C18H30N2O. The molecule has 1 aliphatic rings. The Morgan fingerprint density at radius 1 is 1.43 bits per heavy atom. The largest absolute Gasteiger partial charge is 0.379 e. The minimum Gasteiger partial charge on any atom is -0.379 e. The monoisotopic (exact) mass is 290 g/mol. The van der Waals surface area contributed by atoms with Gasteiger partial charge in [-0.15, -0.1) is 0 Å². The van der Waals surface area contributed by atoms with Gasteiger partial charge in [-0.2, -0.15) is 0 Å². The van der Waals surface area contributed by atoms with Crippen molar-refractivity contribution < 1.29 is 4.74 Å². The van der Waals surface area contributed by atoms with E-state index < -0.39 is 0 Å². The Labute approximate surface area is 129 Å². The Morgan fingerprint density at radius 3 is 2.81 bits per heavy atom. The third-order valence-corrected chi connectivity index (χ3v) is 4.50. The van der Waals surface area contributed by atoms with Gasteiger partial charge in [-0.1, -0.05) is 33.8 Å². The Balaban J connectivity index is 2.28. The molecule has 3 heteroatoms. The Morgan fingerprint density at radius 2 is 2.19 bits per heavy atom. The van der Waals surface area contributed by atoms with Gasteiger partial charge in [0, 0.05) is 31.0 Å². The summed E-state index contributed by atoms with van der Waals surface area (Å²) in [6, 6.07) is 4.59.